The van der Waals surface area contributed by atoms with Crippen molar-refractivity contribution in [3.63, 3.8) is 0 Å². The Labute approximate surface area is 183 Å². The lowest BCUT2D eigenvalue weighted by Gasteiger charge is -2.30. The highest BCUT2D eigenvalue weighted by molar-refractivity contribution is 7.89. The van der Waals surface area contributed by atoms with Crippen LogP contribution < -0.4 is 5.32 Å². The van der Waals surface area contributed by atoms with Crippen LogP contribution in [0.3, 0.4) is 0 Å². The average molecular weight is 450 g/mol. The van der Waals surface area contributed by atoms with Crippen LogP contribution in [0.1, 0.15) is 79.7 Å². The monoisotopic (exact) mass is 449 g/mol. The Morgan fingerprint density at radius 3 is 2.71 bits per heavy atom. The summed E-state index contributed by atoms with van der Waals surface area (Å²) in [5, 5.41) is 11.4. The molecule has 1 aliphatic heterocycles. The number of rotatable bonds is 6. The number of hydrogen-bond donors (Lipinski definition) is 1. The first-order valence-electron chi connectivity index (χ1n) is 11.2. The lowest BCUT2D eigenvalue weighted by molar-refractivity contribution is 0.0890. The van der Waals surface area contributed by atoms with E-state index >= 15 is 0 Å². The number of amides is 1. The molecule has 31 heavy (non-hydrogen) atoms. The summed E-state index contributed by atoms with van der Waals surface area (Å²) >= 11 is 0. The van der Waals surface area contributed by atoms with E-state index < -0.39 is 10.0 Å². The molecule has 1 saturated carbocycles. The number of aryl methyl sites for hydroxylation is 2. The summed E-state index contributed by atoms with van der Waals surface area (Å²) in [6, 6.07) is 1.86. The molecule has 0 unspecified atom stereocenters. The second-order valence-electron chi connectivity index (χ2n) is 8.56. The Hall–Kier alpha value is -2.20. The molecule has 10 heteroatoms. The molecular formula is C21H31N5O4S. The first-order valence-corrected chi connectivity index (χ1v) is 12.6. The normalized spacial score (nSPS) is 21.3. The van der Waals surface area contributed by atoms with Crippen molar-refractivity contribution in [3.05, 3.63) is 29.4 Å². The van der Waals surface area contributed by atoms with Gasteiger partial charge in [-0.2, -0.15) is 9.40 Å². The van der Waals surface area contributed by atoms with E-state index in [9.17, 15) is 13.2 Å². The molecule has 1 amide bonds. The second-order valence-corrected chi connectivity index (χ2v) is 10.5. The molecule has 170 valence electrons. The fourth-order valence-corrected chi connectivity index (χ4v) is 6.24. The highest BCUT2D eigenvalue weighted by Crippen LogP contribution is 2.31. The summed E-state index contributed by atoms with van der Waals surface area (Å²) < 4.78 is 34.9. The van der Waals surface area contributed by atoms with Gasteiger partial charge in [0.1, 0.15) is 4.90 Å². The standard InChI is InChI=1S/C21H31N5O4S/c1-3-25-14-20(15(2)23-25)31(28,29)26-11-7-8-16(13-26)18-12-19(30-24-18)21(27)22-17-9-5-4-6-10-17/h12,14,16-17H,3-11,13H2,1-2H3,(H,22,27)/t16-/m1/s1. The van der Waals surface area contributed by atoms with Gasteiger partial charge in [-0.25, -0.2) is 8.42 Å². The zero-order valence-corrected chi connectivity index (χ0v) is 19.0. The van der Waals surface area contributed by atoms with Crippen LogP contribution >= 0.6 is 0 Å². The Balaban J connectivity index is 1.45. The number of carbonyl (C=O) groups excluding carboxylic acids is 1. The highest BCUT2D eigenvalue weighted by Gasteiger charge is 2.34. The van der Waals surface area contributed by atoms with Gasteiger partial charge in [-0.3, -0.25) is 9.48 Å². The summed E-state index contributed by atoms with van der Waals surface area (Å²) in [6.07, 6.45) is 8.60. The topological polar surface area (TPSA) is 110 Å². The van der Waals surface area contributed by atoms with Crippen molar-refractivity contribution < 1.29 is 17.7 Å². The molecule has 1 aliphatic carbocycles. The number of carbonyl (C=O) groups is 1. The van der Waals surface area contributed by atoms with Gasteiger partial charge < -0.3 is 9.84 Å². The van der Waals surface area contributed by atoms with Crippen molar-refractivity contribution >= 4 is 15.9 Å². The first kappa shape index (κ1) is 22.0. The molecule has 0 radical (unpaired) electrons. The molecule has 0 spiro atoms. The third kappa shape index (κ3) is 4.69. The lowest BCUT2D eigenvalue weighted by Crippen LogP contribution is -2.39. The molecule has 2 aromatic rings. The van der Waals surface area contributed by atoms with Crippen LogP contribution in [0, 0.1) is 6.92 Å². The quantitative estimate of drug-likeness (QED) is 0.726. The molecule has 2 aromatic heterocycles. The summed E-state index contributed by atoms with van der Waals surface area (Å²) in [6.45, 7) is 5.03. The van der Waals surface area contributed by atoms with E-state index in [0.29, 0.717) is 31.0 Å². The van der Waals surface area contributed by atoms with E-state index in [0.717, 1.165) is 38.5 Å². The van der Waals surface area contributed by atoms with Gasteiger partial charge in [0.15, 0.2) is 0 Å². The van der Waals surface area contributed by atoms with Crippen LogP contribution in [0.5, 0.6) is 0 Å². The van der Waals surface area contributed by atoms with Gasteiger partial charge in [-0.15, -0.1) is 0 Å². The summed E-state index contributed by atoms with van der Waals surface area (Å²) in [7, 11) is -3.64. The Morgan fingerprint density at radius 2 is 2.00 bits per heavy atom. The van der Waals surface area contributed by atoms with Gasteiger partial charge in [0.2, 0.25) is 15.8 Å². The fourth-order valence-electron chi connectivity index (χ4n) is 4.55. The van der Waals surface area contributed by atoms with Gasteiger partial charge in [0.25, 0.3) is 5.91 Å². The van der Waals surface area contributed by atoms with Crippen LogP contribution in [0.25, 0.3) is 0 Å². The molecular weight excluding hydrogens is 418 g/mol. The van der Waals surface area contributed by atoms with Crippen molar-refractivity contribution in [2.75, 3.05) is 13.1 Å². The molecule has 2 fully saturated rings. The van der Waals surface area contributed by atoms with Crippen molar-refractivity contribution in [3.8, 4) is 0 Å². The zero-order chi connectivity index (χ0) is 22.0. The smallest absolute Gasteiger partial charge is 0.290 e. The lowest BCUT2D eigenvalue weighted by atomic mass is 9.95. The van der Waals surface area contributed by atoms with E-state index in [-0.39, 0.29) is 28.5 Å². The molecule has 2 aliphatic rings. The van der Waals surface area contributed by atoms with Crippen LogP contribution in [0.2, 0.25) is 0 Å². The highest BCUT2D eigenvalue weighted by atomic mass is 32.2. The Morgan fingerprint density at radius 1 is 1.23 bits per heavy atom. The van der Waals surface area contributed by atoms with Crippen LogP contribution in [-0.2, 0) is 16.6 Å². The maximum Gasteiger partial charge on any atom is 0.290 e. The maximum absolute atomic E-state index is 13.2. The van der Waals surface area contributed by atoms with E-state index in [1.165, 1.54) is 10.7 Å². The van der Waals surface area contributed by atoms with E-state index in [1.807, 2.05) is 6.92 Å². The zero-order valence-electron chi connectivity index (χ0n) is 18.2. The summed E-state index contributed by atoms with van der Waals surface area (Å²) in [5.41, 5.74) is 1.14. The Kier molecular flexibility index (Phi) is 6.47. The minimum Gasteiger partial charge on any atom is -0.351 e. The predicted octanol–water partition coefficient (Wildman–Crippen LogP) is 2.83. The second kappa shape index (κ2) is 9.12. The number of piperidine rings is 1. The molecule has 1 N–H and O–H groups in total. The van der Waals surface area contributed by atoms with E-state index in [2.05, 4.69) is 15.6 Å². The van der Waals surface area contributed by atoms with Gasteiger partial charge in [0, 0.05) is 43.9 Å². The summed E-state index contributed by atoms with van der Waals surface area (Å²) in [5.74, 6) is -0.154. The molecule has 1 saturated heterocycles. The van der Waals surface area contributed by atoms with Crippen LogP contribution in [0.4, 0.5) is 0 Å². The van der Waals surface area contributed by atoms with Crippen molar-refractivity contribution in [1.29, 1.82) is 0 Å². The molecule has 4 rings (SSSR count). The van der Waals surface area contributed by atoms with Gasteiger partial charge in [-0.1, -0.05) is 24.4 Å². The average Bonchev–Trinajstić information content (AvgIpc) is 3.42. The fraction of sp³-hybridized carbons (Fsp3) is 0.667. The van der Waals surface area contributed by atoms with Crippen molar-refractivity contribution in [1.82, 2.24) is 24.6 Å². The number of sulfonamides is 1. The van der Waals surface area contributed by atoms with Crippen LogP contribution in [-0.4, -0.2) is 52.7 Å². The molecule has 0 bridgehead atoms. The van der Waals surface area contributed by atoms with Crippen molar-refractivity contribution in [2.45, 2.75) is 82.2 Å². The largest absolute Gasteiger partial charge is 0.351 e. The van der Waals surface area contributed by atoms with Gasteiger partial charge in [-0.05, 0) is 39.5 Å². The third-order valence-corrected chi connectivity index (χ3v) is 8.31. The molecule has 3 heterocycles. The molecule has 1 atom stereocenters. The number of nitrogens with one attached hydrogen (secondary N) is 1. The molecule has 9 nitrogen and oxygen atoms in total. The first-order chi connectivity index (χ1) is 14.9. The maximum atomic E-state index is 13.2. The number of aromatic nitrogens is 3. The van der Waals surface area contributed by atoms with Gasteiger partial charge >= 0.3 is 0 Å². The minimum atomic E-state index is -3.64. The van der Waals surface area contributed by atoms with Crippen LogP contribution in [0.15, 0.2) is 21.7 Å². The third-order valence-electron chi connectivity index (χ3n) is 6.34. The minimum absolute atomic E-state index is 0.106. The van der Waals surface area contributed by atoms with E-state index in [4.69, 9.17) is 4.52 Å². The van der Waals surface area contributed by atoms with Crippen molar-refractivity contribution in [2.24, 2.45) is 0 Å². The number of hydrogen-bond acceptors (Lipinski definition) is 6. The SMILES string of the molecule is CCn1cc(S(=O)(=O)N2CCC[C@@H](c3cc(C(=O)NC4CCCCC4)on3)C2)c(C)n1. The van der Waals surface area contributed by atoms with E-state index in [1.54, 1.807) is 23.9 Å². The number of nitrogens with zero attached hydrogens (tertiary/aromatic N) is 4. The Bertz CT molecular complexity index is 1020. The van der Waals surface area contributed by atoms with Gasteiger partial charge in [0.05, 0.1) is 11.4 Å². The molecule has 0 aromatic carbocycles. The summed E-state index contributed by atoms with van der Waals surface area (Å²) in [4.78, 5) is 12.8. The predicted molar refractivity (Wildman–Crippen MR) is 114 cm³/mol.